The molecule has 0 bridgehead atoms. The van der Waals surface area contributed by atoms with Gasteiger partial charge in [-0.05, 0) is 25.5 Å². The average molecular weight is 332 g/mol. The van der Waals surface area contributed by atoms with E-state index in [0.29, 0.717) is 24.8 Å². The normalized spacial score (nSPS) is 10.9. The predicted octanol–water partition coefficient (Wildman–Crippen LogP) is 4.08. The minimum Gasteiger partial charge on any atom is -0.385 e. The maximum Gasteiger partial charge on any atom is 0.207 e. The van der Waals surface area contributed by atoms with Gasteiger partial charge in [-0.15, -0.1) is 0 Å². The van der Waals surface area contributed by atoms with Crippen molar-refractivity contribution in [1.29, 1.82) is 0 Å². The first-order valence-corrected chi connectivity index (χ1v) is 7.22. The average Bonchev–Trinajstić information content (AvgIpc) is 2.81. The van der Waals surface area contributed by atoms with Crippen molar-refractivity contribution in [3.63, 3.8) is 0 Å². The summed E-state index contributed by atoms with van der Waals surface area (Å²) in [6, 6.07) is 3.04. The number of rotatable bonds is 6. The molecule has 0 spiro atoms. The van der Waals surface area contributed by atoms with Crippen molar-refractivity contribution in [1.82, 2.24) is 9.55 Å². The molecule has 1 aromatic carbocycles. The summed E-state index contributed by atoms with van der Waals surface area (Å²) in [7, 11) is 1.66. The number of halogens is 3. The minimum atomic E-state index is -0.617. The molecule has 114 valence electrons. The van der Waals surface area contributed by atoms with Crippen molar-refractivity contribution in [2.75, 3.05) is 25.6 Å². The number of imidazole rings is 1. The van der Waals surface area contributed by atoms with Crippen molar-refractivity contribution in [3.05, 3.63) is 39.9 Å². The molecule has 0 radical (unpaired) electrons. The first-order chi connectivity index (χ1) is 10.0. The van der Waals surface area contributed by atoms with Crippen LogP contribution < -0.4 is 5.32 Å². The lowest BCUT2D eigenvalue weighted by molar-refractivity contribution is 0.197. The van der Waals surface area contributed by atoms with Crippen LogP contribution in [-0.2, 0) is 4.74 Å². The molecule has 21 heavy (non-hydrogen) atoms. The first kappa shape index (κ1) is 16.1. The van der Waals surface area contributed by atoms with Crippen LogP contribution in [0, 0.1) is 12.7 Å². The molecule has 1 aromatic heterocycles. The lowest BCUT2D eigenvalue weighted by atomic mass is 10.3. The van der Waals surface area contributed by atoms with E-state index in [1.807, 2.05) is 13.1 Å². The van der Waals surface area contributed by atoms with Crippen LogP contribution in [0.5, 0.6) is 0 Å². The van der Waals surface area contributed by atoms with Crippen LogP contribution in [0.15, 0.2) is 18.3 Å². The molecule has 0 saturated carbocycles. The molecule has 0 saturated heterocycles. The Balaban J connectivity index is 2.27. The van der Waals surface area contributed by atoms with Crippen LogP contribution >= 0.6 is 23.2 Å². The molecule has 0 aliphatic rings. The highest BCUT2D eigenvalue weighted by molar-refractivity contribution is 6.35. The Kier molecular flexibility index (Phi) is 5.45. The fourth-order valence-electron chi connectivity index (χ4n) is 1.92. The number of benzene rings is 1. The third-order valence-corrected chi connectivity index (χ3v) is 3.43. The molecule has 2 aromatic rings. The second-order valence-electron chi connectivity index (χ2n) is 4.57. The van der Waals surface area contributed by atoms with Crippen molar-refractivity contribution < 1.29 is 9.13 Å². The molecule has 0 fully saturated rings. The maximum absolute atomic E-state index is 13.5. The van der Waals surface area contributed by atoms with Gasteiger partial charge < -0.3 is 10.1 Å². The monoisotopic (exact) mass is 331 g/mol. The molecule has 1 N–H and O–H groups in total. The second-order valence-corrected chi connectivity index (χ2v) is 5.39. The predicted molar refractivity (Wildman–Crippen MR) is 83.3 cm³/mol. The molecule has 4 nitrogen and oxygen atoms in total. The van der Waals surface area contributed by atoms with Gasteiger partial charge in [-0.25, -0.2) is 9.37 Å². The SMILES string of the molecule is COCCCNc1nc(C)cn1-c1cc(Cl)c(F)c(Cl)c1. The summed E-state index contributed by atoms with van der Waals surface area (Å²) in [6.45, 7) is 3.26. The summed E-state index contributed by atoms with van der Waals surface area (Å²) in [6.07, 6.45) is 2.69. The zero-order valence-corrected chi connectivity index (χ0v) is 13.3. The third-order valence-electron chi connectivity index (χ3n) is 2.88. The highest BCUT2D eigenvalue weighted by Crippen LogP contribution is 2.28. The highest BCUT2D eigenvalue weighted by atomic mass is 35.5. The fourth-order valence-corrected chi connectivity index (χ4v) is 2.39. The number of nitrogens with one attached hydrogen (secondary N) is 1. The quantitative estimate of drug-likeness (QED) is 0.640. The largest absolute Gasteiger partial charge is 0.385 e. The number of hydrogen-bond acceptors (Lipinski definition) is 3. The lowest BCUT2D eigenvalue weighted by Gasteiger charge is -2.11. The van der Waals surface area contributed by atoms with Crippen LogP contribution in [0.1, 0.15) is 12.1 Å². The van der Waals surface area contributed by atoms with E-state index >= 15 is 0 Å². The molecule has 0 amide bonds. The van der Waals surface area contributed by atoms with E-state index in [1.54, 1.807) is 11.7 Å². The number of anilines is 1. The summed E-state index contributed by atoms with van der Waals surface area (Å²) >= 11 is 11.7. The van der Waals surface area contributed by atoms with Crippen LogP contribution in [-0.4, -0.2) is 29.8 Å². The van der Waals surface area contributed by atoms with Gasteiger partial charge in [0.2, 0.25) is 5.95 Å². The molecular weight excluding hydrogens is 316 g/mol. The molecule has 0 aliphatic heterocycles. The Bertz CT molecular complexity index is 608. The third kappa shape index (κ3) is 3.87. The highest BCUT2D eigenvalue weighted by Gasteiger charge is 2.12. The number of ether oxygens (including phenoxy) is 1. The summed E-state index contributed by atoms with van der Waals surface area (Å²) in [5.74, 6) is 0.0378. The zero-order chi connectivity index (χ0) is 15.4. The number of aryl methyl sites for hydroxylation is 1. The smallest absolute Gasteiger partial charge is 0.207 e. The second kappa shape index (κ2) is 7.11. The van der Waals surface area contributed by atoms with Gasteiger partial charge in [0.25, 0.3) is 0 Å². The van der Waals surface area contributed by atoms with Gasteiger partial charge in [0.05, 0.1) is 21.4 Å². The molecule has 0 aliphatic carbocycles. The number of methoxy groups -OCH3 is 1. The van der Waals surface area contributed by atoms with E-state index in [-0.39, 0.29) is 10.0 Å². The Morgan fingerprint density at radius 2 is 2.00 bits per heavy atom. The first-order valence-electron chi connectivity index (χ1n) is 6.46. The van der Waals surface area contributed by atoms with Gasteiger partial charge in [-0.2, -0.15) is 0 Å². The van der Waals surface area contributed by atoms with E-state index in [1.165, 1.54) is 12.1 Å². The zero-order valence-electron chi connectivity index (χ0n) is 11.8. The standard InChI is InChI=1S/C14H16Cl2FN3O/c1-9-8-20(14(19-9)18-4-3-5-21-2)10-6-11(15)13(17)12(16)7-10/h6-8H,3-5H2,1-2H3,(H,18,19). The van der Waals surface area contributed by atoms with Gasteiger partial charge in [0, 0.05) is 26.5 Å². The van der Waals surface area contributed by atoms with Gasteiger partial charge >= 0.3 is 0 Å². The van der Waals surface area contributed by atoms with E-state index in [2.05, 4.69) is 10.3 Å². The lowest BCUT2D eigenvalue weighted by Crippen LogP contribution is -2.09. The molecule has 2 rings (SSSR count). The maximum atomic E-state index is 13.5. The fraction of sp³-hybridized carbons (Fsp3) is 0.357. The van der Waals surface area contributed by atoms with Gasteiger partial charge in [-0.3, -0.25) is 4.57 Å². The Hall–Kier alpha value is -1.30. The van der Waals surface area contributed by atoms with Crippen LogP contribution in [0.25, 0.3) is 5.69 Å². The van der Waals surface area contributed by atoms with E-state index in [0.717, 1.165) is 12.1 Å². The summed E-state index contributed by atoms with van der Waals surface area (Å²) < 4.78 is 20.3. The van der Waals surface area contributed by atoms with Gasteiger partial charge in [0.15, 0.2) is 5.82 Å². The van der Waals surface area contributed by atoms with Gasteiger partial charge in [0.1, 0.15) is 0 Å². The van der Waals surface area contributed by atoms with Gasteiger partial charge in [-0.1, -0.05) is 23.2 Å². The van der Waals surface area contributed by atoms with E-state index < -0.39 is 5.82 Å². The minimum absolute atomic E-state index is 0.0193. The van der Waals surface area contributed by atoms with Crippen molar-refractivity contribution in [3.8, 4) is 5.69 Å². The molecule has 7 heteroatoms. The van der Waals surface area contributed by atoms with E-state index in [9.17, 15) is 4.39 Å². The molecule has 0 unspecified atom stereocenters. The molecule has 0 atom stereocenters. The Morgan fingerprint density at radius 1 is 1.33 bits per heavy atom. The van der Waals surface area contributed by atoms with Crippen LogP contribution in [0.3, 0.4) is 0 Å². The molecular formula is C14H16Cl2FN3O. The topological polar surface area (TPSA) is 39.1 Å². The summed E-state index contributed by atoms with van der Waals surface area (Å²) in [5.41, 5.74) is 1.49. The van der Waals surface area contributed by atoms with Crippen molar-refractivity contribution >= 4 is 29.2 Å². The summed E-state index contributed by atoms with van der Waals surface area (Å²) in [4.78, 5) is 4.40. The Morgan fingerprint density at radius 3 is 2.62 bits per heavy atom. The number of nitrogens with zero attached hydrogens (tertiary/aromatic N) is 2. The number of hydrogen-bond donors (Lipinski definition) is 1. The molecule has 1 heterocycles. The van der Waals surface area contributed by atoms with Crippen LogP contribution in [0.2, 0.25) is 10.0 Å². The number of aromatic nitrogens is 2. The van der Waals surface area contributed by atoms with Crippen LogP contribution in [0.4, 0.5) is 10.3 Å². The van der Waals surface area contributed by atoms with Crippen molar-refractivity contribution in [2.24, 2.45) is 0 Å². The Labute approximate surface area is 132 Å². The summed E-state index contributed by atoms with van der Waals surface area (Å²) in [5, 5.41) is 3.17. The van der Waals surface area contributed by atoms with E-state index in [4.69, 9.17) is 27.9 Å². The van der Waals surface area contributed by atoms with Crippen molar-refractivity contribution in [2.45, 2.75) is 13.3 Å².